The zero-order valence-electron chi connectivity index (χ0n) is 22.1. The van der Waals surface area contributed by atoms with Gasteiger partial charge in [-0.1, -0.05) is 18.2 Å². The summed E-state index contributed by atoms with van der Waals surface area (Å²) in [5.41, 5.74) is 1.14. The third-order valence-corrected chi connectivity index (χ3v) is 8.75. The van der Waals surface area contributed by atoms with Crippen molar-refractivity contribution >= 4 is 32.6 Å². The van der Waals surface area contributed by atoms with Gasteiger partial charge in [-0.2, -0.15) is 18.2 Å². The zero-order valence-corrected chi connectivity index (χ0v) is 23.0. The van der Waals surface area contributed by atoms with Crippen LogP contribution >= 0.6 is 0 Å². The van der Waals surface area contributed by atoms with Crippen molar-refractivity contribution in [2.45, 2.75) is 23.2 Å². The summed E-state index contributed by atoms with van der Waals surface area (Å²) in [6.07, 6.45) is 2.52. The quantitative estimate of drug-likeness (QED) is 0.322. The molecule has 220 valence electrons. The predicted octanol–water partition coefficient (Wildman–Crippen LogP) is 3.58. The van der Waals surface area contributed by atoms with Crippen LogP contribution in [0.4, 0.5) is 24.9 Å². The van der Waals surface area contributed by atoms with Crippen LogP contribution in [0.3, 0.4) is 0 Å². The molecule has 1 aliphatic carbocycles. The Kier molecular flexibility index (Phi) is 7.01. The average Bonchev–Trinajstić information content (AvgIpc) is 3.78. The van der Waals surface area contributed by atoms with E-state index in [-0.39, 0.29) is 17.4 Å². The predicted molar refractivity (Wildman–Crippen MR) is 149 cm³/mol. The first-order valence-electron chi connectivity index (χ1n) is 13.2. The van der Waals surface area contributed by atoms with Crippen molar-refractivity contribution in [2.75, 3.05) is 43.4 Å². The molecule has 1 aliphatic heterocycles. The fourth-order valence-electron chi connectivity index (χ4n) is 4.78. The number of benzene rings is 2. The van der Waals surface area contributed by atoms with Crippen molar-refractivity contribution in [3.05, 3.63) is 58.9 Å². The van der Waals surface area contributed by atoms with Crippen LogP contribution in [0.15, 0.2) is 58.2 Å². The smallest absolute Gasteiger partial charge is 0.436 e. The number of aromatic nitrogens is 4. The number of halogens is 3. The van der Waals surface area contributed by atoms with Crippen LogP contribution < -0.4 is 20.9 Å². The van der Waals surface area contributed by atoms with Gasteiger partial charge >= 0.3 is 5.51 Å². The molecule has 0 unspecified atom stereocenters. The van der Waals surface area contributed by atoms with E-state index >= 15 is 0 Å². The lowest BCUT2D eigenvalue weighted by Gasteiger charge is -2.35. The Hall–Kier alpha value is -4.24. The second kappa shape index (κ2) is 10.5. The molecule has 2 aliphatic rings. The fourth-order valence-corrected chi connectivity index (χ4v) is 5.54. The van der Waals surface area contributed by atoms with Crippen molar-refractivity contribution < 1.29 is 26.3 Å². The number of hydrogen-bond donors (Lipinski definition) is 2. The minimum Gasteiger partial charge on any atom is -0.436 e. The van der Waals surface area contributed by atoms with E-state index in [2.05, 4.69) is 24.8 Å². The number of anilines is 2. The van der Waals surface area contributed by atoms with Crippen LogP contribution in [0.25, 0.3) is 22.3 Å². The van der Waals surface area contributed by atoms with E-state index in [0.717, 1.165) is 37.7 Å². The van der Waals surface area contributed by atoms with E-state index in [0.29, 0.717) is 41.3 Å². The molecular formula is C27H26F3N7O4S. The van der Waals surface area contributed by atoms with E-state index in [1.165, 1.54) is 31.0 Å². The molecule has 0 bridgehead atoms. The van der Waals surface area contributed by atoms with Crippen LogP contribution in [0, 0.1) is 5.92 Å². The number of nitrogen functional groups attached to an aromatic ring is 1. The molecule has 15 heteroatoms. The van der Waals surface area contributed by atoms with Gasteiger partial charge in [0.15, 0.2) is 11.6 Å². The average molecular weight is 602 g/mol. The van der Waals surface area contributed by atoms with Crippen LogP contribution in [0.2, 0.25) is 0 Å². The highest BCUT2D eigenvalue weighted by Gasteiger charge is 2.46. The van der Waals surface area contributed by atoms with Crippen LogP contribution in [0.1, 0.15) is 12.8 Å². The summed E-state index contributed by atoms with van der Waals surface area (Å²) in [4.78, 5) is 31.5. The Morgan fingerprint density at radius 3 is 2.38 bits per heavy atom. The molecule has 0 radical (unpaired) electrons. The number of nitrogens with two attached hydrogens (primary N) is 1. The van der Waals surface area contributed by atoms with Crippen LogP contribution in [-0.4, -0.2) is 71.5 Å². The van der Waals surface area contributed by atoms with Gasteiger partial charge in [0.1, 0.15) is 5.52 Å². The van der Waals surface area contributed by atoms with Gasteiger partial charge in [0.2, 0.25) is 11.8 Å². The number of alkyl halides is 3. The van der Waals surface area contributed by atoms with Crippen molar-refractivity contribution in [1.29, 1.82) is 0 Å². The van der Waals surface area contributed by atoms with Crippen LogP contribution in [0.5, 0.6) is 11.6 Å². The molecule has 1 saturated heterocycles. The SMILES string of the molecule is Nc1nc2c(Oc3cc(-c4ccc(S(=O)(=O)C(F)(F)F)cc4)nc(N4CCN(CC5CC5)CC4)n3)cccc2[nH]c1=O. The summed E-state index contributed by atoms with van der Waals surface area (Å²) in [5, 5.41) is 0. The van der Waals surface area contributed by atoms with Gasteiger partial charge in [0.25, 0.3) is 15.4 Å². The molecule has 2 aromatic carbocycles. The molecule has 2 aromatic heterocycles. The molecule has 0 spiro atoms. The number of rotatable bonds is 7. The second-order valence-corrected chi connectivity index (χ2v) is 12.2. The van der Waals surface area contributed by atoms with Crippen molar-refractivity contribution in [1.82, 2.24) is 24.8 Å². The minimum absolute atomic E-state index is 0.112. The topological polar surface area (TPSA) is 147 Å². The van der Waals surface area contributed by atoms with Crippen molar-refractivity contribution in [3.63, 3.8) is 0 Å². The summed E-state index contributed by atoms with van der Waals surface area (Å²) in [6.45, 7) is 4.03. The zero-order chi connectivity index (χ0) is 29.6. The third-order valence-electron chi connectivity index (χ3n) is 7.25. The monoisotopic (exact) mass is 601 g/mol. The first kappa shape index (κ1) is 27.9. The summed E-state index contributed by atoms with van der Waals surface area (Å²) < 4.78 is 69.0. The van der Waals surface area contributed by atoms with Crippen molar-refractivity contribution in [2.24, 2.45) is 5.92 Å². The van der Waals surface area contributed by atoms with E-state index in [1.807, 2.05) is 4.90 Å². The number of H-pyrrole nitrogens is 1. The largest absolute Gasteiger partial charge is 0.501 e. The molecule has 11 nitrogen and oxygen atoms in total. The van der Waals surface area contributed by atoms with Gasteiger partial charge in [-0.15, -0.1) is 0 Å². The van der Waals surface area contributed by atoms with Gasteiger partial charge in [-0.05, 0) is 43.0 Å². The minimum atomic E-state index is -5.50. The first-order valence-corrected chi connectivity index (χ1v) is 14.7. The fraction of sp³-hybridized carbons (Fsp3) is 0.333. The Morgan fingerprint density at radius 2 is 1.71 bits per heavy atom. The number of hydrogen-bond acceptors (Lipinski definition) is 10. The molecule has 2 fully saturated rings. The number of para-hydroxylation sites is 1. The van der Waals surface area contributed by atoms with Gasteiger partial charge in [-0.3, -0.25) is 9.69 Å². The summed E-state index contributed by atoms with van der Waals surface area (Å²) in [6, 6.07) is 10.7. The molecule has 3 N–H and O–H groups in total. The summed E-state index contributed by atoms with van der Waals surface area (Å²) in [7, 11) is -5.50. The van der Waals surface area contributed by atoms with E-state index in [9.17, 15) is 26.4 Å². The number of ether oxygens (including phenoxy) is 1. The van der Waals surface area contributed by atoms with Gasteiger partial charge in [0.05, 0.1) is 16.1 Å². The lowest BCUT2D eigenvalue weighted by Crippen LogP contribution is -2.47. The molecule has 3 heterocycles. The van der Waals surface area contributed by atoms with E-state index < -0.39 is 25.8 Å². The standard InChI is InChI=1S/C27H26F3N7O4S/c28-27(29,30)42(39,40)18-8-6-17(7-9-18)20-14-22(41-21-3-1-2-19-23(21)35-24(31)25(38)32-19)34-26(33-20)37-12-10-36(11-13-37)15-16-4-5-16/h1-3,6-9,14,16H,4-5,10-13,15H2,(H2,31,35)(H,32,38). The molecule has 1 saturated carbocycles. The number of aromatic amines is 1. The number of sulfone groups is 1. The Balaban J connectivity index is 1.36. The lowest BCUT2D eigenvalue weighted by molar-refractivity contribution is -0.0436. The number of nitrogens with one attached hydrogen (secondary N) is 1. The summed E-state index contributed by atoms with van der Waals surface area (Å²) >= 11 is 0. The number of nitrogens with zero attached hydrogens (tertiary/aromatic N) is 5. The van der Waals surface area contributed by atoms with Crippen molar-refractivity contribution in [3.8, 4) is 22.9 Å². The molecule has 42 heavy (non-hydrogen) atoms. The van der Waals surface area contributed by atoms with E-state index in [1.54, 1.807) is 18.2 Å². The normalized spacial score (nSPS) is 16.6. The van der Waals surface area contributed by atoms with Gasteiger partial charge in [0, 0.05) is 44.4 Å². The molecule has 0 amide bonds. The van der Waals surface area contributed by atoms with Crippen LogP contribution in [-0.2, 0) is 9.84 Å². The van der Waals surface area contributed by atoms with Gasteiger partial charge in [-0.25, -0.2) is 18.4 Å². The maximum Gasteiger partial charge on any atom is 0.501 e. The maximum absolute atomic E-state index is 13.1. The first-order chi connectivity index (χ1) is 20.0. The van der Waals surface area contributed by atoms with E-state index in [4.69, 9.17) is 10.5 Å². The highest BCUT2D eigenvalue weighted by molar-refractivity contribution is 7.92. The lowest BCUT2D eigenvalue weighted by atomic mass is 10.1. The molecule has 4 aromatic rings. The molecule has 6 rings (SSSR count). The Morgan fingerprint density at radius 1 is 1.00 bits per heavy atom. The number of piperazine rings is 1. The highest BCUT2D eigenvalue weighted by atomic mass is 32.2. The van der Waals surface area contributed by atoms with Gasteiger partial charge < -0.3 is 20.4 Å². The Labute approximate surface area is 238 Å². The number of fused-ring (bicyclic) bond motifs is 1. The molecule has 0 atom stereocenters. The highest BCUT2D eigenvalue weighted by Crippen LogP contribution is 2.34. The Bertz CT molecular complexity index is 1800. The second-order valence-electron chi connectivity index (χ2n) is 10.3. The maximum atomic E-state index is 13.1. The summed E-state index contributed by atoms with van der Waals surface area (Å²) in [5.74, 6) is 1.24. The third kappa shape index (κ3) is 5.61. The molecular weight excluding hydrogens is 575 g/mol.